The smallest absolute Gasteiger partial charge is 0.379 e. The first-order valence-electron chi connectivity index (χ1n) is 11.2. The minimum Gasteiger partial charge on any atom is -0.379 e. The van der Waals surface area contributed by atoms with E-state index in [1.54, 1.807) is 19.2 Å². The average molecular weight is 472 g/mol. The molecule has 1 atom stereocenters. The predicted octanol–water partition coefficient (Wildman–Crippen LogP) is 2.06. The number of imide groups is 1. The van der Waals surface area contributed by atoms with Crippen molar-refractivity contribution < 1.29 is 18.9 Å². The van der Waals surface area contributed by atoms with Gasteiger partial charge in [0.1, 0.15) is 11.4 Å². The Morgan fingerprint density at radius 1 is 1.15 bits per heavy atom. The van der Waals surface area contributed by atoms with Crippen molar-refractivity contribution >= 4 is 35.3 Å². The molecule has 9 nitrogen and oxygen atoms in total. The maximum Gasteiger partial charge on any atom is 0.402 e. The topological polar surface area (TPSA) is 74.3 Å². The molecule has 33 heavy (non-hydrogen) atoms. The van der Waals surface area contributed by atoms with Gasteiger partial charge in [-0.1, -0.05) is 28.7 Å². The molecule has 1 aromatic heterocycles. The van der Waals surface area contributed by atoms with Crippen LogP contribution >= 0.6 is 11.6 Å². The van der Waals surface area contributed by atoms with Crippen LogP contribution in [0.15, 0.2) is 29.3 Å². The molecule has 0 radical (unpaired) electrons. The minimum atomic E-state index is -0.640. The van der Waals surface area contributed by atoms with Gasteiger partial charge in [0.15, 0.2) is 0 Å². The molecular weight excluding hydrogens is 444 g/mol. The van der Waals surface area contributed by atoms with Crippen LogP contribution in [0.5, 0.6) is 0 Å². The van der Waals surface area contributed by atoms with Crippen LogP contribution < -0.4 is 4.57 Å². The van der Waals surface area contributed by atoms with Gasteiger partial charge in [0.05, 0.1) is 26.3 Å². The fraction of sp³-hybridized carbons (Fsp3) is 0.478. The number of amides is 3. The molecule has 2 aromatic rings. The third kappa shape index (κ3) is 3.74. The number of halogens is 1. The van der Waals surface area contributed by atoms with Crippen molar-refractivity contribution in [2.75, 3.05) is 39.9 Å². The number of nitrogens with zero attached hydrogens (tertiary/aromatic N) is 6. The molecule has 3 aliphatic heterocycles. The molecule has 3 amide bonds. The summed E-state index contributed by atoms with van der Waals surface area (Å²) in [5, 5.41) is 0.613. The number of likely N-dealkylation sites (N-methyl/N-ethyl adjacent to an activating group) is 1. The number of morpholine rings is 1. The molecule has 1 aromatic carbocycles. The zero-order valence-corrected chi connectivity index (χ0v) is 19.9. The number of aromatic nitrogens is 2. The molecule has 2 fully saturated rings. The molecule has 10 heteroatoms. The van der Waals surface area contributed by atoms with E-state index in [0.717, 1.165) is 62.3 Å². The third-order valence-electron chi connectivity index (χ3n) is 6.82. The average Bonchev–Trinajstić information content (AvgIpc) is 3.32. The van der Waals surface area contributed by atoms with Crippen molar-refractivity contribution in [2.45, 2.75) is 33.0 Å². The Kier molecular flexibility index (Phi) is 5.72. The van der Waals surface area contributed by atoms with E-state index < -0.39 is 6.04 Å². The molecule has 0 bridgehead atoms. The van der Waals surface area contributed by atoms with Crippen molar-refractivity contribution in [3.05, 3.63) is 46.2 Å². The first-order chi connectivity index (χ1) is 15.9. The molecule has 3 aliphatic rings. The van der Waals surface area contributed by atoms with Crippen LogP contribution in [0.1, 0.15) is 23.0 Å². The summed E-state index contributed by atoms with van der Waals surface area (Å²) < 4.78 is 9.58. The number of carbonyl (C=O) groups is 2. The minimum absolute atomic E-state index is 0.189. The van der Waals surface area contributed by atoms with Gasteiger partial charge in [-0.25, -0.2) is 13.9 Å². The normalized spacial score (nSPS) is 20.8. The van der Waals surface area contributed by atoms with Gasteiger partial charge < -0.3 is 4.74 Å². The quantitative estimate of drug-likeness (QED) is 0.626. The van der Waals surface area contributed by atoms with E-state index in [4.69, 9.17) is 21.3 Å². The predicted molar refractivity (Wildman–Crippen MR) is 123 cm³/mol. The lowest BCUT2D eigenvalue weighted by Crippen LogP contribution is -2.57. The maximum absolute atomic E-state index is 13.6. The van der Waals surface area contributed by atoms with E-state index >= 15 is 0 Å². The van der Waals surface area contributed by atoms with Gasteiger partial charge in [0, 0.05) is 31.7 Å². The number of benzene rings is 1. The molecule has 0 aliphatic carbocycles. The van der Waals surface area contributed by atoms with E-state index in [1.807, 2.05) is 23.6 Å². The zero-order valence-electron chi connectivity index (χ0n) is 19.1. The summed E-state index contributed by atoms with van der Waals surface area (Å²) >= 11 is 5.99. The number of hydrogen-bond acceptors (Lipinski definition) is 5. The first kappa shape index (κ1) is 22.1. The number of amidine groups is 1. The molecule has 4 heterocycles. The van der Waals surface area contributed by atoms with Gasteiger partial charge in [-0.05, 0) is 31.5 Å². The number of hydrogen-bond donors (Lipinski definition) is 0. The van der Waals surface area contributed by atoms with Crippen LogP contribution in [0.4, 0.5) is 10.7 Å². The van der Waals surface area contributed by atoms with Crippen LogP contribution in [-0.2, 0) is 22.6 Å². The van der Waals surface area contributed by atoms with Gasteiger partial charge in [0.2, 0.25) is 11.9 Å². The second kappa shape index (κ2) is 8.55. The van der Waals surface area contributed by atoms with Crippen LogP contribution in [0.2, 0.25) is 5.02 Å². The first-order valence-corrected chi connectivity index (χ1v) is 11.6. The summed E-state index contributed by atoms with van der Waals surface area (Å²) in [6, 6.07) is 6.17. The van der Waals surface area contributed by atoms with Gasteiger partial charge in [0.25, 0.3) is 5.91 Å². The molecular formula is C23H28ClN6O3+. The molecule has 2 saturated heterocycles. The summed E-state index contributed by atoms with van der Waals surface area (Å²) in [4.78, 5) is 36.6. The highest BCUT2D eigenvalue weighted by Crippen LogP contribution is 2.35. The van der Waals surface area contributed by atoms with E-state index in [2.05, 4.69) is 16.4 Å². The fourth-order valence-electron chi connectivity index (χ4n) is 4.75. The second-order valence-corrected chi connectivity index (χ2v) is 9.15. The highest BCUT2D eigenvalue weighted by atomic mass is 35.5. The SMILES string of the molecule is Cc1c(C)[n+](CCN2CCOCC2)c2n1C1C(=O)N(Cc3ccc(Cl)cc3)C(=O)N(C)C1=N2. The van der Waals surface area contributed by atoms with E-state index in [9.17, 15) is 9.59 Å². The monoisotopic (exact) mass is 471 g/mol. The third-order valence-corrected chi connectivity index (χ3v) is 7.07. The van der Waals surface area contributed by atoms with Gasteiger partial charge in [-0.3, -0.25) is 19.5 Å². The number of fused-ring (bicyclic) bond motifs is 3. The number of aliphatic imine (C=N–C) groups is 1. The Labute approximate surface area is 197 Å². The van der Waals surface area contributed by atoms with E-state index in [0.29, 0.717) is 10.9 Å². The molecule has 5 rings (SSSR count). The van der Waals surface area contributed by atoms with Crippen LogP contribution in [-0.4, -0.2) is 76.9 Å². The maximum atomic E-state index is 13.6. The number of rotatable bonds is 5. The van der Waals surface area contributed by atoms with Gasteiger partial charge in [-0.15, -0.1) is 0 Å². The highest BCUT2D eigenvalue weighted by molar-refractivity contribution is 6.30. The van der Waals surface area contributed by atoms with Gasteiger partial charge >= 0.3 is 12.0 Å². The number of ether oxygens (including phenoxy) is 1. The Morgan fingerprint density at radius 2 is 1.85 bits per heavy atom. The van der Waals surface area contributed by atoms with Crippen molar-refractivity contribution in [1.82, 2.24) is 19.3 Å². The summed E-state index contributed by atoms with van der Waals surface area (Å²) in [6.45, 7) is 9.25. The van der Waals surface area contributed by atoms with Crippen molar-refractivity contribution in [2.24, 2.45) is 4.99 Å². The van der Waals surface area contributed by atoms with Crippen LogP contribution in [0.25, 0.3) is 0 Å². The molecule has 0 N–H and O–H groups in total. The van der Waals surface area contributed by atoms with E-state index in [-0.39, 0.29) is 18.5 Å². The van der Waals surface area contributed by atoms with E-state index in [1.165, 1.54) is 9.80 Å². The second-order valence-electron chi connectivity index (χ2n) is 8.71. The lowest BCUT2D eigenvalue weighted by molar-refractivity contribution is -0.688. The largest absolute Gasteiger partial charge is 0.402 e. The summed E-state index contributed by atoms with van der Waals surface area (Å²) in [7, 11) is 1.68. The lowest BCUT2D eigenvalue weighted by atomic mass is 10.1. The number of imidazole rings is 1. The Hall–Kier alpha value is -2.75. The zero-order chi connectivity index (χ0) is 23.3. The van der Waals surface area contributed by atoms with Crippen molar-refractivity contribution in [3.63, 3.8) is 0 Å². The standard InChI is InChI=1S/C23H28ClN6O3/c1-15-16(2)30-19-20(25-22(30)28(15)9-8-27-10-12-33-13-11-27)26(3)23(32)29(21(19)31)14-17-4-6-18(24)7-5-17/h4-7,19H,8-14H2,1-3H3/q+1. The molecule has 0 spiro atoms. The van der Waals surface area contributed by atoms with Crippen LogP contribution in [0.3, 0.4) is 0 Å². The van der Waals surface area contributed by atoms with Crippen LogP contribution in [0, 0.1) is 13.8 Å². The highest BCUT2D eigenvalue weighted by Gasteiger charge is 2.54. The fourth-order valence-corrected chi connectivity index (χ4v) is 4.88. The van der Waals surface area contributed by atoms with Gasteiger partial charge in [-0.2, -0.15) is 0 Å². The molecule has 0 saturated carbocycles. The van der Waals surface area contributed by atoms with Crippen molar-refractivity contribution in [3.8, 4) is 0 Å². The Bertz CT molecular complexity index is 1140. The summed E-state index contributed by atoms with van der Waals surface area (Å²) in [5.74, 6) is 0.944. The lowest BCUT2D eigenvalue weighted by Gasteiger charge is -2.33. The molecule has 174 valence electrons. The van der Waals surface area contributed by atoms with Crippen molar-refractivity contribution in [1.29, 1.82) is 0 Å². The Morgan fingerprint density at radius 3 is 2.55 bits per heavy atom. The number of urea groups is 1. The summed E-state index contributed by atoms with van der Waals surface area (Å²) in [5.41, 5.74) is 2.91. The number of carbonyl (C=O) groups excluding carboxylic acids is 2. The Balaban J connectivity index is 1.45. The molecule has 1 unspecified atom stereocenters. The summed E-state index contributed by atoms with van der Waals surface area (Å²) in [6.07, 6.45) is 0.